The van der Waals surface area contributed by atoms with Crippen molar-refractivity contribution < 1.29 is 31.9 Å². The first-order valence-corrected chi connectivity index (χ1v) is 9.95. The number of H-pyrrole nitrogens is 1. The highest BCUT2D eigenvalue weighted by atomic mass is 35.5. The molecule has 1 aromatic carbocycles. The lowest BCUT2D eigenvalue weighted by Crippen LogP contribution is -2.37. The van der Waals surface area contributed by atoms with Crippen molar-refractivity contribution in [3.8, 4) is 0 Å². The number of carbonyl (C=O) groups is 3. The van der Waals surface area contributed by atoms with Crippen molar-refractivity contribution in [3.05, 3.63) is 63.9 Å². The quantitative estimate of drug-likeness (QED) is 0.260. The van der Waals surface area contributed by atoms with Crippen LogP contribution in [0.1, 0.15) is 44.6 Å². The van der Waals surface area contributed by atoms with Crippen LogP contribution in [0.25, 0.3) is 0 Å². The lowest BCUT2D eigenvalue weighted by molar-refractivity contribution is -0.142. The van der Waals surface area contributed by atoms with Gasteiger partial charge in [-0.1, -0.05) is 11.6 Å². The van der Waals surface area contributed by atoms with Crippen molar-refractivity contribution in [1.82, 2.24) is 25.3 Å². The zero-order chi connectivity index (χ0) is 25.2. The average molecular weight is 501 g/mol. The number of carbonyl (C=O) groups excluding carboxylic acids is 3. The molecule has 0 unspecified atom stereocenters. The molecule has 0 aliphatic rings. The number of hydrogen-bond donors (Lipinski definition) is 3. The highest BCUT2D eigenvalue weighted by Crippen LogP contribution is 2.29. The molecule has 0 spiro atoms. The van der Waals surface area contributed by atoms with Crippen LogP contribution in [-0.2, 0) is 11.8 Å². The molecule has 0 bridgehead atoms. The standard InChI is InChI=1S/C20H17ClF4N6O3/c1-9-11(8-31(2)16(9)18(33)27-10-3-4-13(22)12(21)5-10)17(32)19(34)28-14(6-20(23,24)25)15-7-26-30-29-15/h3-5,7-8,14H,6H2,1-2H3,(H,27,33)(H,28,34)(H,26,29,30)/t14-/m0/s1. The van der Waals surface area contributed by atoms with Gasteiger partial charge in [0.2, 0.25) is 0 Å². The van der Waals surface area contributed by atoms with E-state index in [1.54, 1.807) is 0 Å². The van der Waals surface area contributed by atoms with Crippen LogP contribution in [0, 0.1) is 12.7 Å². The molecule has 1 atom stereocenters. The molecule has 3 N–H and O–H groups in total. The summed E-state index contributed by atoms with van der Waals surface area (Å²) in [6.45, 7) is 1.40. The van der Waals surface area contributed by atoms with Crippen LogP contribution in [-0.4, -0.2) is 43.8 Å². The van der Waals surface area contributed by atoms with Crippen molar-refractivity contribution in [2.45, 2.75) is 25.6 Å². The number of ketones is 1. The Morgan fingerprint density at radius 3 is 2.56 bits per heavy atom. The number of amides is 2. The van der Waals surface area contributed by atoms with E-state index >= 15 is 0 Å². The molecule has 2 aromatic heterocycles. The third kappa shape index (κ3) is 5.60. The van der Waals surface area contributed by atoms with Gasteiger partial charge < -0.3 is 15.2 Å². The lowest BCUT2D eigenvalue weighted by Gasteiger charge is -2.17. The topological polar surface area (TPSA) is 122 Å². The second-order valence-corrected chi connectivity index (χ2v) is 7.69. The van der Waals surface area contributed by atoms with Crippen molar-refractivity contribution in [1.29, 1.82) is 0 Å². The minimum atomic E-state index is -4.66. The first-order chi connectivity index (χ1) is 15.9. The number of alkyl halides is 3. The van der Waals surface area contributed by atoms with E-state index in [9.17, 15) is 31.9 Å². The van der Waals surface area contributed by atoms with Gasteiger partial charge in [0.15, 0.2) is 0 Å². The zero-order valence-electron chi connectivity index (χ0n) is 17.6. The molecular weight excluding hydrogens is 484 g/mol. The number of anilines is 1. The van der Waals surface area contributed by atoms with Gasteiger partial charge in [-0.15, -0.1) is 0 Å². The predicted molar refractivity (Wildman–Crippen MR) is 112 cm³/mol. The minimum absolute atomic E-state index is 0.0000554. The molecule has 34 heavy (non-hydrogen) atoms. The first-order valence-electron chi connectivity index (χ1n) is 9.57. The minimum Gasteiger partial charge on any atom is -0.346 e. The predicted octanol–water partition coefficient (Wildman–Crippen LogP) is 3.49. The number of aromatic nitrogens is 4. The third-order valence-electron chi connectivity index (χ3n) is 4.81. The van der Waals surface area contributed by atoms with E-state index in [1.807, 2.05) is 5.32 Å². The molecule has 3 rings (SSSR count). The van der Waals surface area contributed by atoms with Gasteiger partial charge in [-0.2, -0.15) is 28.6 Å². The Hall–Kier alpha value is -3.74. The molecule has 180 valence electrons. The number of aryl methyl sites for hydroxylation is 1. The Morgan fingerprint density at radius 1 is 1.26 bits per heavy atom. The molecule has 14 heteroatoms. The molecule has 0 saturated heterocycles. The molecule has 0 saturated carbocycles. The fraction of sp³-hybridized carbons (Fsp3) is 0.250. The summed E-state index contributed by atoms with van der Waals surface area (Å²) in [6.07, 6.45) is -3.92. The van der Waals surface area contributed by atoms with Crippen LogP contribution in [0.15, 0.2) is 30.6 Å². The van der Waals surface area contributed by atoms with Gasteiger partial charge in [-0.25, -0.2) is 4.39 Å². The molecule has 0 radical (unpaired) electrons. The fourth-order valence-corrected chi connectivity index (χ4v) is 3.44. The third-order valence-corrected chi connectivity index (χ3v) is 5.10. The zero-order valence-corrected chi connectivity index (χ0v) is 18.4. The van der Waals surface area contributed by atoms with Crippen LogP contribution in [0.2, 0.25) is 5.02 Å². The van der Waals surface area contributed by atoms with Crippen molar-refractivity contribution in [2.75, 3.05) is 5.32 Å². The molecule has 0 fully saturated rings. The maximum atomic E-state index is 13.3. The molecule has 3 aromatic rings. The summed E-state index contributed by atoms with van der Waals surface area (Å²) in [4.78, 5) is 37.9. The van der Waals surface area contributed by atoms with Crippen LogP contribution >= 0.6 is 11.6 Å². The lowest BCUT2D eigenvalue weighted by atomic mass is 10.1. The van der Waals surface area contributed by atoms with Crippen LogP contribution in [0.3, 0.4) is 0 Å². The van der Waals surface area contributed by atoms with Crippen LogP contribution in [0.4, 0.5) is 23.2 Å². The normalized spacial score (nSPS) is 12.3. The number of aromatic amines is 1. The highest BCUT2D eigenvalue weighted by Gasteiger charge is 2.36. The molecule has 0 aliphatic heterocycles. The number of halogens is 5. The number of Topliss-reactive ketones (excluding diaryl/α,β-unsaturated/α-hetero) is 1. The maximum Gasteiger partial charge on any atom is 0.391 e. The Morgan fingerprint density at radius 2 is 1.97 bits per heavy atom. The van der Waals surface area contributed by atoms with E-state index in [2.05, 4.69) is 20.7 Å². The van der Waals surface area contributed by atoms with Gasteiger partial charge in [0.05, 0.1) is 23.7 Å². The number of nitrogens with zero attached hydrogens (tertiary/aromatic N) is 3. The van der Waals surface area contributed by atoms with E-state index in [0.717, 1.165) is 12.3 Å². The summed E-state index contributed by atoms with van der Waals surface area (Å²) in [7, 11) is 1.44. The Balaban J connectivity index is 1.81. The summed E-state index contributed by atoms with van der Waals surface area (Å²) in [5.74, 6) is -3.82. The van der Waals surface area contributed by atoms with Gasteiger partial charge in [0, 0.05) is 24.5 Å². The second kappa shape index (κ2) is 9.63. The van der Waals surface area contributed by atoms with Gasteiger partial charge in [-0.3, -0.25) is 14.4 Å². The monoisotopic (exact) mass is 500 g/mol. The second-order valence-electron chi connectivity index (χ2n) is 7.28. The van der Waals surface area contributed by atoms with Crippen molar-refractivity contribution >= 4 is 34.9 Å². The Labute approximate surface area is 194 Å². The smallest absolute Gasteiger partial charge is 0.346 e. The van der Waals surface area contributed by atoms with Crippen molar-refractivity contribution in [3.63, 3.8) is 0 Å². The number of nitrogens with one attached hydrogen (secondary N) is 3. The fourth-order valence-electron chi connectivity index (χ4n) is 3.26. The van der Waals surface area contributed by atoms with E-state index in [1.165, 1.54) is 36.9 Å². The Bertz CT molecular complexity index is 1240. The maximum absolute atomic E-state index is 13.3. The average Bonchev–Trinajstić information content (AvgIpc) is 3.37. The highest BCUT2D eigenvalue weighted by molar-refractivity contribution is 6.43. The van der Waals surface area contributed by atoms with Gasteiger partial charge >= 0.3 is 6.18 Å². The van der Waals surface area contributed by atoms with E-state index in [4.69, 9.17) is 11.6 Å². The molecule has 2 amide bonds. The largest absolute Gasteiger partial charge is 0.391 e. The van der Waals surface area contributed by atoms with E-state index in [-0.39, 0.29) is 33.2 Å². The number of hydrogen-bond acceptors (Lipinski definition) is 5. The molecule has 9 nitrogen and oxygen atoms in total. The van der Waals surface area contributed by atoms with E-state index < -0.39 is 42.1 Å². The molecule has 0 aliphatic carbocycles. The number of rotatable bonds is 7. The summed E-state index contributed by atoms with van der Waals surface area (Å²) in [6, 6.07) is 1.88. The van der Waals surface area contributed by atoms with E-state index in [0.29, 0.717) is 0 Å². The molecule has 2 heterocycles. The van der Waals surface area contributed by atoms with Crippen LogP contribution in [0.5, 0.6) is 0 Å². The summed E-state index contributed by atoms with van der Waals surface area (Å²) < 4.78 is 53.4. The summed E-state index contributed by atoms with van der Waals surface area (Å²) >= 11 is 5.70. The Kier molecular flexibility index (Phi) is 7.05. The van der Waals surface area contributed by atoms with Gasteiger partial charge in [-0.05, 0) is 30.7 Å². The van der Waals surface area contributed by atoms with Crippen molar-refractivity contribution in [2.24, 2.45) is 7.05 Å². The number of benzene rings is 1. The van der Waals surface area contributed by atoms with Crippen LogP contribution < -0.4 is 10.6 Å². The van der Waals surface area contributed by atoms with Gasteiger partial charge in [0.25, 0.3) is 17.6 Å². The summed E-state index contributed by atoms with van der Waals surface area (Å²) in [5.41, 5.74) is -0.0955. The van der Waals surface area contributed by atoms with Gasteiger partial charge in [0.1, 0.15) is 17.2 Å². The molecular formula is C20H17ClF4N6O3. The summed E-state index contributed by atoms with van der Waals surface area (Å²) in [5, 5.41) is 13.4. The first kappa shape index (κ1) is 24.9. The SMILES string of the molecule is Cc1c(C(=O)C(=O)N[C@@H](CC(F)(F)F)c2cn[nH]n2)cn(C)c1C(=O)Nc1ccc(F)c(Cl)c1.